The van der Waals surface area contributed by atoms with Crippen molar-refractivity contribution in [1.82, 2.24) is 5.32 Å². The molecule has 0 spiro atoms. The van der Waals surface area contributed by atoms with Gasteiger partial charge in [-0.25, -0.2) is 0 Å². The normalized spacial score (nSPS) is 31.0. The molecule has 0 saturated carbocycles. The first-order valence-corrected chi connectivity index (χ1v) is 7.50. The van der Waals surface area contributed by atoms with E-state index in [0.717, 1.165) is 19.0 Å². The molecule has 1 aromatic rings. The summed E-state index contributed by atoms with van der Waals surface area (Å²) in [7, 11) is 0. The van der Waals surface area contributed by atoms with Crippen LogP contribution in [0.4, 0.5) is 0 Å². The molecule has 0 radical (unpaired) electrons. The van der Waals surface area contributed by atoms with Crippen LogP contribution in [0.15, 0.2) is 24.3 Å². The molecular formula is C14H18INO. The Hall–Kier alpha value is -0.130. The summed E-state index contributed by atoms with van der Waals surface area (Å²) in [5.74, 6) is 0.747. The SMILES string of the molecule is Ic1cccc(CNCC2CC3CCC2O3)c1. The van der Waals surface area contributed by atoms with Gasteiger partial charge in [0.15, 0.2) is 0 Å². The van der Waals surface area contributed by atoms with Gasteiger partial charge in [0.05, 0.1) is 12.2 Å². The maximum absolute atomic E-state index is 5.87. The van der Waals surface area contributed by atoms with E-state index in [-0.39, 0.29) is 0 Å². The Morgan fingerprint density at radius 1 is 1.35 bits per heavy atom. The Bertz CT molecular complexity index is 396. The summed E-state index contributed by atoms with van der Waals surface area (Å²) in [6.07, 6.45) is 4.95. The molecule has 3 heteroatoms. The minimum atomic E-state index is 0.545. The third-order valence-electron chi connectivity index (χ3n) is 3.86. The number of halogens is 1. The molecule has 0 aromatic heterocycles. The Morgan fingerprint density at radius 2 is 2.29 bits per heavy atom. The molecule has 1 N–H and O–H groups in total. The Balaban J connectivity index is 1.46. The molecule has 1 aromatic carbocycles. The van der Waals surface area contributed by atoms with Crippen LogP contribution in [0.3, 0.4) is 0 Å². The zero-order valence-electron chi connectivity index (χ0n) is 9.86. The topological polar surface area (TPSA) is 21.3 Å². The van der Waals surface area contributed by atoms with Gasteiger partial charge in [0.25, 0.3) is 0 Å². The van der Waals surface area contributed by atoms with Crippen molar-refractivity contribution < 1.29 is 4.74 Å². The van der Waals surface area contributed by atoms with Crippen molar-refractivity contribution in [3.8, 4) is 0 Å². The van der Waals surface area contributed by atoms with Crippen molar-refractivity contribution in [1.29, 1.82) is 0 Å². The summed E-state index contributed by atoms with van der Waals surface area (Å²) in [6.45, 7) is 2.08. The summed E-state index contributed by atoms with van der Waals surface area (Å²) < 4.78 is 7.18. The van der Waals surface area contributed by atoms with Crippen molar-refractivity contribution in [2.45, 2.75) is 38.0 Å². The van der Waals surface area contributed by atoms with Crippen LogP contribution in [0, 0.1) is 9.49 Å². The molecule has 3 unspecified atom stereocenters. The average molecular weight is 343 g/mol. The van der Waals surface area contributed by atoms with E-state index < -0.39 is 0 Å². The monoisotopic (exact) mass is 343 g/mol. The maximum Gasteiger partial charge on any atom is 0.0621 e. The van der Waals surface area contributed by atoms with Crippen molar-refractivity contribution in [2.24, 2.45) is 5.92 Å². The van der Waals surface area contributed by atoms with Gasteiger partial charge in [0.2, 0.25) is 0 Å². The van der Waals surface area contributed by atoms with E-state index in [1.165, 1.54) is 28.4 Å². The first-order chi connectivity index (χ1) is 8.31. The molecule has 2 fully saturated rings. The zero-order chi connectivity index (χ0) is 11.7. The zero-order valence-corrected chi connectivity index (χ0v) is 12.0. The molecule has 2 saturated heterocycles. The third-order valence-corrected chi connectivity index (χ3v) is 4.53. The van der Waals surface area contributed by atoms with Gasteiger partial charge < -0.3 is 10.1 Å². The second kappa shape index (κ2) is 5.24. The van der Waals surface area contributed by atoms with Gasteiger partial charge in [0, 0.05) is 22.6 Å². The molecule has 3 rings (SSSR count). The molecule has 2 nitrogen and oxygen atoms in total. The number of ether oxygens (including phenoxy) is 1. The molecule has 3 atom stereocenters. The minimum Gasteiger partial charge on any atom is -0.375 e. The van der Waals surface area contributed by atoms with Crippen molar-refractivity contribution in [3.63, 3.8) is 0 Å². The van der Waals surface area contributed by atoms with Gasteiger partial charge in [-0.2, -0.15) is 0 Å². The minimum absolute atomic E-state index is 0.545. The van der Waals surface area contributed by atoms with Gasteiger partial charge in [-0.1, -0.05) is 12.1 Å². The van der Waals surface area contributed by atoms with E-state index in [1.54, 1.807) is 0 Å². The number of fused-ring (bicyclic) bond motifs is 2. The average Bonchev–Trinajstić information content (AvgIpc) is 2.91. The van der Waals surface area contributed by atoms with Crippen LogP contribution < -0.4 is 5.32 Å². The Kier molecular flexibility index (Phi) is 3.68. The molecule has 17 heavy (non-hydrogen) atoms. The van der Waals surface area contributed by atoms with Crippen LogP contribution in [0.2, 0.25) is 0 Å². The summed E-state index contributed by atoms with van der Waals surface area (Å²) >= 11 is 2.36. The van der Waals surface area contributed by atoms with Gasteiger partial charge in [0.1, 0.15) is 0 Å². The molecule has 2 aliphatic rings. The predicted octanol–water partition coefficient (Wildman–Crippen LogP) is 2.95. The second-order valence-corrected chi connectivity index (χ2v) is 6.38. The van der Waals surface area contributed by atoms with E-state index in [1.807, 2.05) is 0 Å². The second-order valence-electron chi connectivity index (χ2n) is 5.13. The molecule has 0 amide bonds. The summed E-state index contributed by atoms with van der Waals surface area (Å²) in [6, 6.07) is 8.69. The van der Waals surface area contributed by atoms with E-state index >= 15 is 0 Å². The van der Waals surface area contributed by atoms with Crippen molar-refractivity contribution in [2.75, 3.05) is 6.54 Å². The summed E-state index contributed by atoms with van der Waals surface area (Å²) in [4.78, 5) is 0. The quantitative estimate of drug-likeness (QED) is 0.849. The molecule has 2 aliphatic heterocycles. The largest absolute Gasteiger partial charge is 0.375 e. The Morgan fingerprint density at radius 3 is 3.00 bits per heavy atom. The van der Waals surface area contributed by atoms with Crippen LogP contribution in [0.5, 0.6) is 0 Å². The van der Waals surface area contributed by atoms with Crippen LogP contribution >= 0.6 is 22.6 Å². The highest BCUT2D eigenvalue weighted by atomic mass is 127. The van der Waals surface area contributed by atoms with Gasteiger partial charge in [-0.15, -0.1) is 0 Å². The molecule has 2 bridgehead atoms. The van der Waals surface area contributed by atoms with E-state index in [2.05, 4.69) is 52.2 Å². The van der Waals surface area contributed by atoms with Crippen LogP contribution in [-0.2, 0) is 11.3 Å². The van der Waals surface area contributed by atoms with Crippen LogP contribution in [-0.4, -0.2) is 18.8 Å². The fraction of sp³-hybridized carbons (Fsp3) is 0.571. The van der Waals surface area contributed by atoms with Crippen LogP contribution in [0.1, 0.15) is 24.8 Å². The molecule has 92 valence electrons. The maximum atomic E-state index is 5.87. The first-order valence-electron chi connectivity index (χ1n) is 6.42. The fourth-order valence-corrected chi connectivity index (χ4v) is 3.61. The van der Waals surface area contributed by atoms with Gasteiger partial charge >= 0.3 is 0 Å². The van der Waals surface area contributed by atoms with Gasteiger partial charge in [-0.3, -0.25) is 0 Å². The number of nitrogens with one attached hydrogen (secondary N) is 1. The molecule has 2 heterocycles. The molecule has 0 aliphatic carbocycles. The van der Waals surface area contributed by atoms with E-state index in [4.69, 9.17) is 4.74 Å². The standard InChI is InChI=1S/C14H18INO/c15-12-3-1-2-10(6-12)8-16-9-11-7-13-4-5-14(11)17-13/h1-3,6,11,13-14,16H,4-5,7-9H2. The smallest absolute Gasteiger partial charge is 0.0621 e. The summed E-state index contributed by atoms with van der Waals surface area (Å²) in [5.41, 5.74) is 1.38. The lowest BCUT2D eigenvalue weighted by molar-refractivity contribution is 0.0924. The number of hydrogen-bond acceptors (Lipinski definition) is 2. The summed E-state index contributed by atoms with van der Waals surface area (Å²) in [5, 5.41) is 3.57. The predicted molar refractivity (Wildman–Crippen MR) is 76.9 cm³/mol. The van der Waals surface area contributed by atoms with Crippen molar-refractivity contribution >= 4 is 22.6 Å². The van der Waals surface area contributed by atoms with Gasteiger partial charge in [-0.05, 0) is 59.5 Å². The highest BCUT2D eigenvalue weighted by Crippen LogP contribution is 2.38. The fourth-order valence-electron chi connectivity index (χ4n) is 3.01. The number of benzene rings is 1. The third kappa shape index (κ3) is 2.83. The Labute approximate surface area is 116 Å². The lowest BCUT2D eigenvalue weighted by atomic mass is 9.89. The van der Waals surface area contributed by atoms with E-state index in [9.17, 15) is 0 Å². The number of rotatable bonds is 4. The lowest BCUT2D eigenvalue weighted by Crippen LogP contribution is -2.29. The lowest BCUT2D eigenvalue weighted by Gasteiger charge is -2.18. The number of hydrogen-bond donors (Lipinski definition) is 1. The van der Waals surface area contributed by atoms with E-state index in [0.29, 0.717) is 12.2 Å². The molecular weight excluding hydrogens is 325 g/mol. The first kappa shape index (κ1) is 11.9. The highest BCUT2D eigenvalue weighted by Gasteiger charge is 2.40. The highest BCUT2D eigenvalue weighted by molar-refractivity contribution is 14.1. The van der Waals surface area contributed by atoms with Crippen LogP contribution in [0.25, 0.3) is 0 Å². The van der Waals surface area contributed by atoms with Crippen molar-refractivity contribution in [3.05, 3.63) is 33.4 Å².